The second-order valence-electron chi connectivity index (χ2n) is 4.60. The molecule has 1 aromatic rings. The van der Waals surface area contributed by atoms with E-state index in [1.54, 1.807) is 19.3 Å². The summed E-state index contributed by atoms with van der Waals surface area (Å²) in [7, 11) is 1.76. The molecule has 0 aliphatic carbocycles. The first-order valence-corrected chi connectivity index (χ1v) is 7.34. The van der Waals surface area contributed by atoms with Gasteiger partial charge in [-0.05, 0) is 47.9 Å². The van der Waals surface area contributed by atoms with E-state index in [0.29, 0.717) is 17.9 Å². The molecular formula is C13H19BrN4O. The average Bonchev–Trinajstić information content (AvgIpc) is 2.91. The molecule has 0 unspecified atom stereocenters. The second-order valence-corrected chi connectivity index (χ2v) is 5.52. The molecule has 0 saturated carbocycles. The number of carbonyl (C=O) groups excluding carboxylic acids is 1. The first-order chi connectivity index (χ1) is 9.20. The lowest BCUT2D eigenvalue weighted by Crippen LogP contribution is -2.33. The van der Waals surface area contributed by atoms with Gasteiger partial charge in [0.15, 0.2) is 0 Å². The van der Waals surface area contributed by atoms with Crippen LogP contribution in [-0.2, 0) is 0 Å². The Morgan fingerprint density at radius 2 is 2.21 bits per heavy atom. The summed E-state index contributed by atoms with van der Waals surface area (Å²) in [5, 5.41) is 5.88. The molecule has 5 nitrogen and oxygen atoms in total. The molecule has 1 amide bonds. The van der Waals surface area contributed by atoms with Crippen molar-refractivity contribution >= 4 is 27.7 Å². The van der Waals surface area contributed by atoms with Crippen molar-refractivity contribution in [2.24, 2.45) is 0 Å². The van der Waals surface area contributed by atoms with E-state index in [2.05, 4.69) is 36.4 Å². The van der Waals surface area contributed by atoms with E-state index in [4.69, 9.17) is 0 Å². The summed E-state index contributed by atoms with van der Waals surface area (Å²) in [6, 6.07) is 1.78. The minimum absolute atomic E-state index is 0.0858. The van der Waals surface area contributed by atoms with Gasteiger partial charge in [0.2, 0.25) is 0 Å². The molecule has 0 radical (unpaired) electrons. The Kier molecular flexibility index (Phi) is 5.15. The van der Waals surface area contributed by atoms with E-state index in [0.717, 1.165) is 24.1 Å². The van der Waals surface area contributed by atoms with Gasteiger partial charge in [-0.3, -0.25) is 4.79 Å². The lowest BCUT2D eigenvalue weighted by molar-refractivity contribution is 0.0950. The maximum absolute atomic E-state index is 12.1. The van der Waals surface area contributed by atoms with E-state index in [-0.39, 0.29) is 5.91 Å². The molecule has 104 valence electrons. The van der Waals surface area contributed by atoms with Crippen molar-refractivity contribution in [2.75, 3.05) is 38.5 Å². The van der Waals surface area contributed by atoms with Gasteiger partial charge in [0, 0.05) is 30.8 Å². The van der Waals surface area contributed by atoms with Crippen LogP contribution in [0.1, 0.15) is 23.2 Å². The Bertz CT molecular complexity index is 446. The van der Waals surface area contributed by atoms with Gasteiger partial charge in [0.05, 0.1) is 5.56 Å². The van der Waals surface area contributed by atoms with Crippen molar-refractivity contribution in [3.05, 3.63) is 22.3 Å². The number of hydrogen-bond donors (Lipinski definition) is 2. The Morgan fingerprint density at radius 3 is 2.89 bits per heavy atom. The smallest absolute Gasteiger partial charge is 0.255 e. The van der Waals surface area contributed by atoms with Crippen molar-refractivity contribution in [2.45, 2.75) is 12.8 Å². The molecule has 1 saturated heterocycles. The minimum atomic E-state index is -0.0858. The van der Waals surface area contributed by atoms with Crippen LogP contribution in [0.4, 0.5) is 5.82 Å². The fourth-order valence-corrected chi connectivity index (χ4v) is 2.57. The molecule has 1 fully saturated rings. The number of amides is 1. The minimum Gasteiger partial charge on any atom is -0.372 e. The fraction of sp³-hybridized carbons (Fsp3) is 0.538. The van der Waals surface area contributed by atoms with Crippen LogP contribution in [0, 0.1) is 0 Å². The molecular weight excluding hydrogens is 308 g/mol. The monoisotopic (exact) mass is 326 g/mol. The standard InChI is InChI=1S/C13H19BrN4O/c1-15-12-11(8-10(14)9-17-12)13(19)16-4-7-18-5-2-3-6-18/h8-9H,2-7H2,1H3,(H,15,17)(H,16,19). The van der Waals surface area contributed by atoms with Crippen molar-refractivity contribution in [3.63, 3.8) is 0 Å². The average molecular weight is 327 g/mol. The maximum atomic E-state index is 12.1. The predicted molar refractivity (Wildman–Crippen MR) is 79.5 cm³/mol. The molecule has 0 spiro atoms. The van der Waals surface area contributed by atoms with Crippen LogP contribution >= 0.6 is 15.9 Å². The summed E-state index contributed by atoms with van der Waals surface area (Å²) in [6.07, 6.45) is 4.22. The fourth-order valence-electron chi connectivity index (χ4n) is 2.24. The second kappa shape index (κ2) is 6.86. The number of aromatic nitrogens is 1. The summed E-state index contributed by atoms with van der Waals surface area (Å²) < 4.78 is 0.802. The van der Waals surface area contributed by atoms with Gasteiger partial charge >= 0.3 is 0 Å². The van der Waals surface area contributed by atoms with Gasteiger partial charge in [-0.15, -0.1) is 0 Å². The lowest BCUT2D eigenvalue weighted by Gasteiger charge is -2.15. The third-order valence-electron chi connectivity index (χ3n) is 3.25. The van der Waals surface area contributed by atoms with Gasteiger partial charge in [0.1, 0.15) is 5.82 Å². The Balaban J connectivity index is 1.89. The molecule has 2 heterocycles. The number of anilines is 1. The van der Waals surface area contributed by atoms with E-state index in [9.17, 15) is 4.79 Å². The van der Waals surface area contributed by atoms with Gasteiger partial charge < -0.3 is 15.5 Å². The zero-order chi connectivity index (χ0) is 13.7. The van der Waals surface area contributed by atoms with Crippen LogP contribution in [-0.4, -0.2) is 49.0 Å². The van der Waals surface area contributed by atoms with Crippen molar-refractivity contribution in [1.29, 1.82) is 0 Å². The van der Waals surface area contributed by atoms with Gasteiger partial charge in [-0.25, -0.2) is 4.98 Å². The molecule has 0 aromatic carbocycles. The Labute approximate surface area is 121 Å². The molecule has 2 rings (SSSR count). The Hall–Kier alpha value is -1.14. The molecule has 0 atom stereocenters. The summed E-state index contributed by atoms with van der Waals surface area (Å²) >= 11 is 3.34. The van der Waals surface area contributed by atoms with Gasteiger partial charge in [-0.1, -0.05) is 0 Å². The third kappa shape index (κ3) is 3.91. The number of carbonyl (C=O) groups is 1. The molecule has 1 aromatic heterocycles. The maximum Gasteiger partial charge on any atom is 0.255 e. The highest BCUT2D eigenvalue weighted by Crippen LogP contribution is 2.17. The third-order valence-corrected chi connectivity index (χ3v) is 3.68. The molecule has 1 aliphatic heterocycles. The molecule has 6 heteroatoms. The zero-order valence-corrected chi connectivity index (χ0v) is 12.7. The summed E-state index contributed by atoms with van der Waals surface area (Å²) in [5.41, 5.74) is 0.568. The highest BCUT2D eigenvalue weighted by atomic mass is 79.9. The predicted octanol–water partition coefficient (Wildman–Crippen LogP) is 1.71. The summed E-state index contributed by atoms with van der Waals surface area (Å²) in [5.74, 6) is 0.513. The van der Waals surface area contributed by atoms with Crippen molar-refractivity contribution < 1.29 is 4.79 Å². The van der Waals surface area contributed by atoms with Crippen LogP contribution in [0.25, 0.3) is 0 Å². The molecule has 19 heavy (non-hydrogen) atoms. The van der Waals surface area contributed by atoms with Crippen LogP contribution in [0.3, 0.4) is 0 Å². The number of nitrogens with one attached hydrogen (secondary N) is 2. The van der Waals surface area contributed by atoms with Crippen LogP contribution in [0.2, 0.25) is 0 Å². The first kappa shape index (κ1) is 14.3. The van der Waals surface area contributed by atoms with Crippen molar-refractivity contribution in [1.82, 2.24) is 15.2 Å². The van der Waals surface area contributed by atoms with Crippen LogP contribution in [0.15, 0.2) is 16.7 Å². The number of halogens is 1. The molecule has 2 N–H and O–H groups in total. The van der Waals surface area contributed by atoms with Crippen LogP contribution < -0.4 is 10.6 Å². The quantitative estimate of drug-likeness (QED) is 0.864. The number of likely N-dealkylation sites (tertiary alicyclic amines) is 1. The first-order valence-electron chi connectivity index (χ1n) is 6.54. The lowest BCUT2D eigenvalue weighted by atomic mass is 10.2. The van der Waals surface area contributed by atoms with E-state index in [1.165, 1.54) is 12.8 Å². The van der Waals surface area contributed by atoms with Gasteiger partial charge in [0.25, 0.3) is 5.91 Å². The van der Waals surface area contributed by atoms with E-state index >= 15 is 0 Å². The highest BCUT2D eigenvalue weighted by Gasteiger charge is 2.14. The summed E-state index contributed by atoms with van der Waals surface area (Å²) in [6.45, 7) is 3.89. The number of nitrogens with zero attached hydrogens (tertiary/aromatic N) is 2. The number of hydrogen-bond acceptors (Lipinski definition) is 4. The topological polar surface area (TPSA) is 57.3 Å². The summed E-state index contributed by atoms with van der Waals surface area (Å²) in [4.78, 5) is 18.7. The highest BCUT2D eigenvalue weighted by molar-refractivity contribution is 9.10. The Morgan fingerprint density at radius 1 is 1.47 bits per heavy atom. The van der Waals surface area contributed by atoms with E-state index < -0.39 is 0 Å². The zero-order valence-electron chi connectivity index (χ0n) is 11.1. The normalized spacial score (nSPS) is 15.5. The SMILES string of the molecule is CNc1ncc(Br)cc1C(=O)NCCN1CCCC1. The van der Waals surface area contributed by atoms with Gasteiger partial charge in [-0.2, -0.15) is 0 Å². The van der Waals surface area contributed by atoms with E-state index in [1.807, 2.05) is 0 Å². The number of rotatable bonds is 5. The van der Waals surface area contributed by atoms with Crippen molar-refractivity contribution in [3.8, 4) is 0 Å². The molecule has 1 aliphatic rings. The molecule has 0 bridgehead atoms. The van der Waals surface area contributed by atoms with Crippen LogP contribution in [0.5, 0.6) is 0 Å². The largest absolute Gasteiger partial charge is 0.372 e. The number of pyridine rings is 1.